The molecule has 0 radical (unpaired) electrons. The predicted molar refractivity (Wildman–Crippen MR) is 65.6 cm³/mol. The first-order chi connectivity index (χ1) is 9.13. The lowest BCUT2D eigenvalue weighted by molar-refractivity contribution is -0.0118. The Labute approximate surface area is 108 Å². The van der Waals surface area contributed by atoms with Gasteiger partial charge >= 0.3 is 0 Å². The summed E-state index contributed by atoms with van der Waals surface area (Å²) in [6.45, 7) is 1.72. The van der Waals surface area contributed by atoms with E-state index in [0.29, 0.717) is 16.9 Å². The van der Waals surface area contributed by atoms with Crippen LogP contribution in [0.15, 0.2) is 24.5 Å². The Balaban J connectivity index is 2.09. The molecule has 0 saturated carbocycles. The number of hydrogen-bond acceptors (Lipinski definition) is 7. The zero-order chi connectivity index (χ0) is 13.6. The number of aliphatic hydroxyl groups is 2. The molecular weight excluding hydrogens is 250 g/mol. The van der Waals surface area contributed by atoms with E-state index < -0.39 is 18.4 Å². The minimum absolute atomic E-state index is 0.253. The average molecular weight is 263 g/mol. The SMILES string of the molecule is C/C=C1\O[C@@H](n2cnc3c(N)ncnc32)[C@@H](O)[C@H]1O. The van der Waals surface area contributed by atoms with Crippen molar-refractivity contribution in [2.24, 2.45) is 0 Å². The third-order valence-electron chi connectivity index (χ3n) is 3.11. The molecule has 0 aliphatic carbocycles. The maximum atomic E-state index is 10.0. The summed E-state index contributed by atoms with van der Waals surface area (Å²) in [6, 6.07) is 0. The summed E-state index contributed by atoms with van der Waals surface area (Å²) in [7, 11) is 0. The molecule has 2 aromatic heterocycles. The van der Waals surface area contributed by atoms with Crippen LogP contribution in [0.5, 0.6) is 0 Å². The van der Waals surface area contributed by atoms with E-state index in [1.807, 2.05) is 0 Å². The lowest BCUT2D eigenvalue weighted by Crippen LogP contribution is -2.27. The van der Waals surface area contributed by atoms with E-state index in [2.05, 4.69) is 15.0 Å². The monoisotopic (exact) mass is 263 g/mol. The second-order valence-electron chi connectivity index (χ2n) is 4.22. The highest BCUT2D eigenvalue weighted by Crippen LogP contribution is 2.33. The molecule has 1 aliphatic rings. The van der Waals surface area contributed by atoms with Gasteiger partial charge in [0.1, 0.15) is 36.1 Å². The zero-order valence-corrected chi connectivity index (χ0v) is 10.1. The number of hydrogen-bond donors (Lipinski definition) is 3. The van der Waals surface area contributed by atoms with Crippen molar-refractivity contribution < 1.29 is 14.9 Å². The van der Waals surface area contributed by atoms with E-state index in [-0.39, 0.29) is 5.82 Å². The van der Waals surface area contributed by atoms with Crippen LogP contribution in [0.3, 0.4) is 0 Å². The first-order valence-electron chi connectivity index (χ1n) is 5.75. The van der Waals surface area contributed by atoms with Crippen molar-refractivity contribution in [1.82, 2.24) is 19.5 Å². The van der Waals surface area contributed by atoms with Gasteiger partial charge in [0, 0.05) is 0 Å². The number of nitrogens with zero attached hydrogens (tertiary/aromatic N) is 4. The fourth-order valence-electron chi connectivity index (χ4n) is 2.12. The van der Waals surface area contributed by atoms with Crippen molar-refractivity contribution in [3.05, 3.63) is 24.5 Å². The lowest BCUT2D eigenvalue weighted by Gasteiger charge is -2.15. The highest BCUT2D eigenvalue weighted by atomic mass is 16.5. The van der Waals surface area contributed by atoms with Gasteiger partial charge < -0.3 is 20.7 Å². The Kier molecular flexibility index (Phi) is 2.61. The molecule has 100 valence electrons. The molecule has 19 heavy (non-hydrogen) atoms. The Hall–Kier alpha value is -2.19. The summed E-state index contributed by atoms with van der Waals surface area (Å²) >= 11 is 0. The van der Waals surface area contributed by atoms with Crippen molar-refractivity contribution in [1.29, 1.82) is 0 Å². The third-order valence-corrected chi connectivity index (χ3v) is 3.11. The fourth-order valence-corrected chi connectivity index (χ4v) is 2.12. The number of rotatable bonds is 1. The highest BCUT2D eigenvalue weighted by Gasteiger charge is 2.41. The van der Waals surface area contributed by atoms with Gasteiger partial charge in [-0.15, -0.1) is 0 Å². The van der Waals surface area contributed by atoms with E-state index in [4.69, 9.17) is 10.5 Å². The molecule has 2 aromatic rings. The molecule has 1 fully saturated rings. The Morgan fingerprint density at radius 3 is 2.84 bits per heavy atom. The van der Waals surface area contributed by atoms with Gasteiger partial charge in [0.05, 0.1) is 0 Å². The van der Waals surface area contributed by atoms with Gasteiger partial charge in [0.2, 0.25) is 6.23 Å². The summed E-state index contributed by atoms with van der Waals surface area (Å²) in [5.41, 5.74) is 6.57. The number of fused-ring (bicyclic) bond motifs is 1. The van der Waals surface area contributed by atoms with Gasteiger partial charge in [0.15, 0.2) is 11.5 Å². The van der Waals surface area contributed by atoms with Crippen LogP contribution in [0.2, 0.25) is 0 Å². The topological polar surface area (TPSA) is 119 Å². The van der Waals surface area contributed by atoms with E-state index in [1.165, 1.54) is 17.2 Å². The largest absolute Gasteiger partial charge is 0.469 e. The van der Waals surface area contributed by atoms with Gasteiger partial charge in [-0.3, -0.25) is 4.57 Å². The maximum Gasteiger partial charge on any atom is 0.207 e. The molecular formula is C11H13N5O3. The van der Waals surface area contributed by atoms with Crippen LogP contribution in [0.25, 0.3) is 11.2 Å². The minimum atomic E-state index is -1.10. The van der Waals surface area contributed by atoms with Crippen molar-refractivity contribution in [2.75, 3.05) is 5.73 Å². The molecule has 0 bridgehead atoms. The minimum Gasteiger partial charge on any atom is -0.469 e. The summed E-state index contributed by atoms with van der Waals surface area (Å²) in [6.07, 6.45) is 1.42. The Bertz CT molecular complexity index is 653. The predicted octanol–water partition coefficient (Wildman–Crippen LogP) is -0.437. The first-order valence-corrected chi connectivity index (χ1v) is 5.75. The molecule has 8 heteroatoms. The average Bonchev–Trinajstić information content (AvgIpc) is 2.94. The van der Waals surface area contributed by atoms with E-state index >= 15 is 0 Å². The molecule has 0 spiro atoms. The zero-order valence-electron chi connectivity index (χ0n) is 10.1. The smallest absolute Gasteiger partial charge is 0.207 e. The van der Waals surface area contributed by atoms with Crippen molar-refractivity contribution in [3.8, 4) is 0 Å². The molecule has 3 heterocycles. The van der Waals surface area contributed by atoms with E-state index in [0.717, 1.165) is 0 Å². The van der Waals surface area contributed by atoms with Crippen LogP contribution in [0.1, 0.15) is 13.2 Å². The number of nitrogen functional groups attached to an aromatic ring is 1. The number of nitrogens with two attached hydrogens (primary N) is 1. The number of imidazole rings is 1. The van der Waals surface area contributed by atoms with Crippen LogP contribution >= 0.6 is 0 Å². The van der Waals surface area contributed by atoms with E-state index in [9.17, 15) is 10.2 Å². The maximum absolute atomic E-state index is 10.0. The standard InChI is InChI=1S/C11H13N5O3/c1-2-5-7(17)8(18)11(19-5)16-4-15-6-9(12)13-3-14-10(6)16/h2-4,7-8,11,17-18H,1H3,(H2,12,13,14)/b5-2-/t7-,8-,11+/m0/s1. The second-order valence-corrected chi connectivity index (χ2v) is 4.22. The summed E-state index contributed by atoms with van der Waals surface area (Å²) in [5.74, 6) is 0.574. The number of allylic oxidation sites excluding steroid dienone is 1. The molecule has 0 aromatic carbocycles. The Morgan fingerprint density at radius 1 is 1.37 bits per heavy atom. The summed E-state index contributed by atoms with van der Waals surface area (Å²) < 4.78 is 7.04. The van der Waals surface area contributed by atoms with Crippen LogP contribution in [0, 0.1) is 0 Å². The fraction of sp³-hybridized carbons (Fsp3) is 0.364. The van der Waals surface area contributed by atoms with Crippen LogP contribution < -0.4 is 5.73 Å². The molecule has 4 N–H and O–H groups in total. The third kappa shape index (κ3) is 1.65. The second kappa shape index (κ2) is 4.18. The Morgan fingerprint density at radius 2 is 2.16 bits per heavy atom. The molecule has 1 saturated heterocycles. The molecule has 3 atom stereocenters. The van der Waals surface area contributed by atoms with Crippen molar-refractivity contribution in [3.63, 3.8) is 0 Å². The van der Waals surface area contributed by atoms with Gasteiger partial charge in [0.25, 0.3) is 0 Å². The molecule has 3 rings (SSSR count). The number of aromatic nitrogens is 4. The van der Waals surface area contributed by atoms with Gasteiger partial charge in [-0.25, -0.2) is 15.0 Å². The lowest BCUT2D eigenvalue weighted by atomic mass is 10.2. The molecule has 0 unspecified atom stereocenters. The number of anilines is 1. The highest BCUT2D eigenvalue weighted by molar-refractivity contribution is 5.81. The quantitative estimate of drug-likeness (QED) is 0.638. The van der Waals surface area contributed by atoms with Gasteiger partial charge in [-0.2, -0.15) is 0 Å². The molecule has 0 amide bonds. The summed E-state index contributed by atoms with van der Waals surface area (Å²) in [4.78, 5) is 12.0. The molecule has 8 nitrogen and oxygen atoms in total. The van der Waals surface area contributed by atoms with Crippen LogP contribution in [-0.2, 0) is 4.74 Å². The van der Waals surface area contributed by atoms with Gasteiger partial charge in [-0.05, 0) is 13.0 Å². The van der Waals surface area contributed by atoms with Gasteiger partial charge in [-0.1, -0.05) is 0 Å². The molecule has 1 aliphatic heterocycles. The van der Waals surface area contributed by atoms with Crippen molar-refractivity contribution >= 4 is 17.0 Å². The number of aliphatic hydroxyl groups excluding tert-OH is 2. The van der Waals surface area contributed by atoms with Crippen LogP contribution in [-0.4, -0.2) is 41.9 Å². The summed E-state index contributed by atoms with van der Waals surface area (Å²) in [5, 5.41) is 19.8. The number of ether oxygens (including phenoxy) is 1. The normalized spacial score (nSPS) is 29.0. The van der Waals surface area contributed by atoms with Crippen molar-refractivity contribution in [2.45, 2.75) is 25.4 Å². The van der Waals surface area contributed by atoms with Crippen LogP contribution in [0.4, 0.5) is 5.82 Å². The first kappa shape index (κ1) is 11.9. The van der Waals surface area contributed by atoms with E-state index in [1.54, 1.807) is 13.0 Å².